The molecule has 132 valence electrons. The molecule has 0 bridgehead atoms. The fourth-order valence-electron chi connectivity index (χ4n) is 4.02. The van der Waals surface area contributed by atoms with Crippen LogP contribution in [0.25, 0.3) is 0 Å². The van der Waals surface area contributed by atoms with Crippen molar-refractivity contribution in [3.8, 4) is 0 Å². The summed E-state index contributed by atoms with van der Waals surface area (Å²) in [5, 5.41) is 11.2. The van der Waals surface area contributed by atoms with Crippen LogP contribution in [0.5, 0.6) is 0 Å². The molecule has 2 fully saturated rings. The van der Waals surface area contributed by atoms with Crippen molar-refractivity contribution in [1.82, 2.24) is 9.80 Å². The van der Waals surface area contributed by atoms with Gasteiger partial charge in [-0.3, -0.25) is 19.9 Å². The second-order valence-electron chi connectivity index (χ2n) is 7.10. The summed E-state index contributed by atoms with van der Waals surface area (Å²) in [4.78, 5) is 15.8. The molecule has 2 atom stereocenters. The van der Waals surface area contributed by atoms with Gasteiger partial charge in [-0.2, -0.15) is 0 Å². The molecule has 2 saturated heterocycles. The van der Waals surface area contributed by atoms with E-state index in [0.717, 1.165) is 44.6 Å². The van der Waals surface area contributed by atoms with E-state index < -0.39 is 0 Å². The standard InChI is InChI=1S/C18H27N3O3/c1-14-11-20(12-15(2)24-14)17-7-9-19(10-8-17)13-16-5-3-4-6-18(16)21(22)23/h3-6,14-15,17H,7-13H2,1-2H3. The molecule has 0 aliphatic carbocycles. The number of morpholine rings is 1. The molecule has 1 aromatic carbocycles. The van der Waals surface area contributed by atoms with Crippen LogP contribution in [0.1, 0.15) is 32.3 Å². The zero-order valence-corrected chi connectivity index (χ0v) is 14.6. The van der Waals surface area contributed by atoms with Gasteiger partial charge in [0.15, 0.2) is 0 Å². The molecule has 24 heavy (non-hydrogen) atoms. The summed E-state index contributed by atoms with van der Waals surface area (Å²) in [5.41, 5.74) is 1.05. The van der Waals surface area contributed by atoms with E-state index in [1.807, 2.05) is 12.1 Å². The van der Waals surface area contributed by atoms with Crippen LogP contribution in [0.4, 0.5) is 5.69 Å². The van der Waals surface area contributed by atoms with Gasteiger partial charge in [0.05, 0.1) is 17.1 Å². The number of ether oxygens (including phenoxy) is 1. The van der Waals surface area contributed by atoms with E-state index in [1.165, 1.54) is 0 Å². The zero-order valence-electron chi connectivity index (χ0n) is 14.6. The fourth-order valence-corrected chi connectivity index (χ4v) is 4.02. The number of nitrogens with zero attached hydrogens (tertiary/aromatic N) is 3. The van der Waals surface area contributed by atoms with Gasteiger partial charge in [-0.15, -0.1) is 0 Å². The molecule has 2 heterocycles. The molecule has 2 unspecified atom stereocenters. The lowest BCUT2D eigenvalue weighted by Crippen LogP contribution is -2.53. The van der Waals surface area contributed by atoms with Crippen LogP contribution in [0.15, 0.2) is 24.3 Å². The van der Waals surface area contributed by atoms with E-state index >= 15 is 0 Å². The van der Waals surface area contributed by atoms with Crippen molar-refractivity contribution in [3.63, 3.8) is 0 Å². The number of rotatable bonds is 4. The second kappa shape index (κ2) is 7.59. The second-order valence-corrected chi connectivity index (χ2v) is 7.10. The van der Waals surface area contributed by atoms with Gasteiger partial charge in [-0.25, -0.2) is 0 Å². The summed E-state index contributed by atoms with van der Waals surface area (Å²) in [5.74, 6) is 0. The molecule has 6 heteroatoms. The van der Waals surface area contributed by atoms with Crippen molar-refractivity contribution in [1.29, 1.82) is 0 Å². The quantitative estimate of drug-likeness (QED) is 0.626. The largest absolute Gasteiger partial charge is 0.373 e. The molecule has 0 N–H and O–H groups in total. The van der Waals surface area contributed by atoms with Crippen molar-refractivity contribution in [2.75, 3.05) is 26.2 Å². The molecule has 0 aromatic heterocycles. The number of benzene rings is 1. The van der Waals surface area contributed by atoms with Gasteiger partial charge in [-0.1, -0.05) is 18.2 Å². The molecule has 2 aliphatic rings. The maximum absolute atomic E-state index is 11.2. The third-order valence-corrected chi connectivity index (χ3v) is 5.10. The topological polar surface area (TPSA) is 58.9 Å². The Morgan fingerprint density at radius 2 is 1.79 bits per heavy atom. The lowest BCUT2D eigenvalue weighted by atomic mass is 10.0. The minimum absolute atomic E-state index is 0.232. The smallest absolute Gasteiger partial charge is 0.273 e. The molecule has 2 aliphatic heterocycles. The Labute approximate surface area is 143 Å². The predicted molar refractivity (Wildman–Crippen MR) is 93.0 cm³/mol. The predicted octanol–water partition coefficient (Wildman–Crippen LogP) is 2.67. The van der Waals surface area contributed by atoms with Gasteiger partial charge in [-0.05, 0) is 39.8 Å². The van der Waals surface area contributed by atoms with Crippen LogP contribution in [-0.2, 0) is 11.3 Å². The van der Waals surface area contributed by atoms with Crippen LogP contribution in [0, 0.1) is 10.1 Å². The summed E-state index contributed by atoms with van der Waals surface area (Å²) >= 11 is 0. The summed E-state index contributed by atoms with van der Waals surface area (Å²) in [6, 6.07) is 7.69. The molecule has 6 nitrogen and oxygen atoms in total. The SMILES string of the molecule is CC1CN(C2CCN(Cc3ccccc3[N+](=O)[O-])CC2)CC(C)O1. The Morgan fingerprint density at radius 3 is 2.42 bits per heavy atom. The zero-order chi connectivity index (χ0) is 17.1. The van der Waals surface area contributed by atoms with E-state index in [2.05, 4.69) is 23.6 Å². The average Bonchev–Trinajstić information content (AvgIpc) is 2.55. The number of nitro groups is 1. The van der Waals surface area contributed by atoms with Crippen LogP contribution < -0.4 is 0 Å². The van der Waals surface area contributed by atoms with Crippen molar-refractivity contribution in [2.24, 2.45) is 0 Å². The first-order chi connectivity index (χ1) is 11.5. The Hall–Kier alpha value is -1.50. The highest BCUT2D eigenvalue weighted by atomic mass is 16.6. The molecule has 0 saturated carbocycles. The van der Waals surface area contributed by atoms with Gasteiger partial charge in [0.2, 0.25) is 0 Å². The maximum atomic E-state index is 11.2. The van der Waals surface area contributed by atoms with Gasteiger partial charge in [0, 0.05) is 37.3 Å². The highest BCUT2D eigenvalue weighted by Crippen LogP contribution is 2.24. The molecule has 3 rings (SSSR count). The highest BCUT2D eigenvalue weighted by molar-refractivity contribution is 5.39. The minimum Gasteiger partial charge on any atom is -0.373 e. The number of hydrogen-bond acceptors (Lipinski definition) is 5. The van der Waals surface area contributed by atoms with Gasteiger partial charge >= 0.3 is 0 Å². The monoisotopic (exact) mass is 333 g/mol. The Balaban J connectivity index is 1.55. The Bertz CT molecular complexity index is 562. The van der Waals surface area contributed by atoms with E-state index in [9.17, 15) is 10.1 Å². The number of piperidine rings is 1. The lowest BCUT2D eigenvalue weighted by molar-refractivity contribution is -0.385. The summed E-state index contributed by atoms with van der Waals surface area (Å²) in [6.07, 6.45) is 2.86. The molecular formula is C18H27N3O3. The van der Waals surface area contributed by atoms with Crippen molar-refractivity contribution in [3.05, 3.63) is 39.9 Å². The number of nitro benzene ring substituents is 1. The fraction of sp³-hybridized carbons (Fsp3) is 0.667. The molecule has 0 spiro atoms. The highest BCUT2D eigenvalue weighted by Gasteiger charge is 2.30. The third kappa shape index (κ3) is 4.12. The van der Waals surface area contributed by atoms with Gasteiger partial charge in [0.1, 0.15) is 0 Å². The number of likely N-dealkylation sites (tertiary alicyclic amines) is 1. The number of para-hydroxylation sites is 1. The van der Waals surface area contributed by atoms with Crippen molar-refractivity contribution < 1.29 is 9.66 Å². The average molecular weight is 333 g/mol. The summed E-state index contributed by atoms with van der Waals surface area (Å²) in [6.45, 7) is 8.98. The van der Waals surface area contributed by atoms with E-state index in [-0.39, 0.29) is 10.6 Å². The van der Waals surface area contributed by atoms with E-state index in [1.54, 1.807) is 12.1 Å². The van der Waals surface area contributed by atoms with Crippen molar-refractivity contribution in [2.45, 2.75) is 51.5 Å². The molecular weight excluding hydrogens is 306 g/mol. The van der Waals surface area contributed by atoms with Crippen molar-refractivity contribution >= 4 is 5.69 Å². The first kappa shape index (κ1) is 17.3. The third-order valence-electron chi connectivity index (χ3n) is 5.10. The number of hydrogen-bond donors (Lipinski definition) is 0. The minimum atomic E-state index is -0.279. The van der Waals surface area contributed by atoms with Crippen LogP contribution in [0.2, 0.25) is 0 Å². The molecule has 0 radical (unpaired) electrons. The first-order valence-electron chi connectivity index (χ1n) is 8.87. The summed E-state index contributed by atoms with van der Waals surface area (Å²) < 4.78 is 5.83. The summed E-state index contributed by atoms with van der Waals surface area (Å²) in [7, 11) is 0. The molecule has 1 aromatic rings. The molecule has 0 amide bonds. The van der Waals surface area contributed by atoms with Crippen LogP contribution in [0.3, 0.4) is 0 Å². The van der Waals surface area contributed by atoms with E-state index in [0.29, 0.717) is 24.8 Å². The van der Waals surface area contributed by atoms with Crippen LogP contribution in [-0.4, -0.2) is 59.2 Å². The maximum Gasteiger partial charge on any atom is 0.273 e. The Morgan fingerprint density at radius 1 is 1.17 bits per heavy atom. The Kier molecular flexibility index (Phi) is 5.48. The first-order valence-corrected chi connectivity index (χ1v) is 8.87. The van der Waals surface area contributed by atoms with Gasteiger partial charge < -0.3 is 4.74 Å². The normalized spacial score (nSPS) is 27.2. The van der Waals surface area contributed by atoms with Gasteiger partial charge in [0.25, 0.3) is 5.69 Å². The lowest BCUT2D eigenvalue weighted by Gasteiger charge is -2.43. The van der Waals surface area contributed by atoms with E-state index in [4.69, 9.17) is 4.74 Å². The van der Waals surface area contributed by atoms with Crippen LogP contribution >= 0.6 is 0 Å².